The van der Waals surface area contributed by atoms with Gasteiger partial charge in [-0.25, -0.2) is 18.0 Å². The van der Waals surface area contributed by atoms with Crippen molar-refractivity contribution in [1.82, 2.24) is 4.31 Å². The molecular formula is C24H28N2O8S. The highest BCUT2D eigenvalue weighted by Crippen LogP contribution is 2.27. The Morgan fingerprint density at radius 2 is 1.51 bits per heavy atom. The van der Waals surface area contributed by atoms with Crippen molar-refractivity contribution in [2.45, 2.75) is 30.6 Å². The summed E-state index contributed by atoms with van der Waals surface area (Å²) in [4.78, 5) is 36.7. The van der Waals surface area contributed by atoms with Crippen molar-refractivity contribution < 1.29 is 37.0 Å². The smallest absolute Gasteiger partial charge is 0.337 e. The molecule has 1 aliphatic heterocycles. The molecule has 10 nitrogen and oxygen atoms in total. The molecule has 188 valence electrons. The minimum atomic E-state index is -3.61. The fraction of sp³-hybridized carbons (Fsp3) is 0.375. The average molecular weight is 505 g/mol. The molecule has 0 atom stereocenters. The predicted octanol–water partition coefficient (Wildman–Crippen LogP) is 2.62. The van der Waals surface area contributed by atoms with Gasteiger partial charge in [0.2, 0.25) is 15.9 Å². The zero-order valence-corrected chi connectivity index (χ0v) is 20.6. The standard InChI is InChI=1S/C24H28N2O8S/c1-32-21-8-7-20(35(30,31)26-10-4-5-11-26)15-16(21)6-9-22(27)25-19-13-17(23(28)33-2)12-18(14-19)24(29)34-3/h7-8,12-15H,4-6,9-11H2,1-3H3,(H,25,27). The van der Waals surface area contributed by atoms with Gasteiger partial charge in [-0.15, -0.1) is 0 Å². The van der Waals surface area contributed by atoms with E-state index in [4.69, 9.17) is 14.2 Å². The van der Waals surface area contributed by atoms with E-state index in [0.717, 1.165) is 12.8 Å². The highest BCUT2D eigenvalue weighted by Gasteiger charge is 2.28. The van der Waals surface area contributed by atoms with Crippen molar-refractivity contribution >= 4 is 33.6 Å². The number of nitrogens with zero attached hydrogens (tertiary/aromatic N) is 1. The van der Waals surface area contributed by atoms with Crippen LogP contribution in [0.15, 0.2) is 41.3 Å². The van der Waals surface area contributed by atoms with Crippen molar-refractivity contribution in [2.75, 3.05) is 39.7 Å². The molecule has 0 radical (unpaired) electrons. The molecule has 3 rings (SSSR count). The Hall–Kier alpha value is -3.44. The fourth-order valence-electron chi connectivity index (χ4n) is 3.83. The molecule has 1 aliphatic rings. The van der Waals surface area contributed by atoms with Gasteiger partial charge in [0.25, 0.3) is 0 Å². The first kappa shape index (κ1) is 26.2. The van der Waals surface area contributed by atoms with E-state index in [0.29, 0.717) is 24.4 Å². The number of sulfonamides is 1. The fourth-order valence-corrected chi connectivity index (χ4v) is 5.40. The zero-order valence-electron chi connectivity index (χ0n) is 19.8. The van der Waals surface area contributed by atoms with Crippen LogP contribution >= 0.6 is 0 Å². The van der Waals surface area contributed by atoms with Crippen LogP contribution in [0.2, 0.25) is 0 Å². The lowest BCUT2D eigenvalue weighted by atomic mass is 10.1. The van der Waals surface area contributed by atoms with Crippen LogP contribution < -0.4 is 10.1 Å². The second-order valence-electron chi connectivity index (χ2n) is 7.92. The van der Waals surface area contributed by atoms with E-state index >= 15 is 0 Å². The SMILES string of the molecule is COC(=O)c1cc(NC(=O)CCc2cc(S(=O)(=O)N3CCCC3)ccc2OC)cc(C(=O)OC)c1. The van der Waals surface area contributed by atoms with Crippen LogP contribution in [0, 0.1) is 0 Å². The number of hydrogen-bond acceptors (Lipinski definition) is 8. The van der Waals surface area contributed by atoms with Crippen LogP contribution in [0.1, 0.15) is 45.5 Å². The number of ether oxygens (including phenoxy) is 3. The largest absolute Gasteiger partial charge is 0.496 e. The topological polar surface area (TPSA) is 128 Å². The first-order chi connectivity index (χ1) is 16.7. The second-order valence-corrected chi connectivity index (χ2v) is 9.85. The number of nitrogens with one attached hydrogen (secondary N) is 1. The summed E-state index contributed by atoms with van der Waals surface area (Å²) in [5, 5.41) is 2.66. The van der Waals surface area contributed by atoms with Crippen molar-refractivity contribution in [3.8, 4) is 5.75 Å². The van der Waals surface area contributed by atoms with Gasteiger partial charge in [0.05, 0.1) is 37.4 Å². The maximum Gasteiger partial charge on any atom is 0.337 e. The molecule has 1 fully saturated rings. The van der Waals surface area contributed by atoms with Gasteiger partial charge in [0.1, 0.15) is 5.75 Å². The van der Waals surface area contributed by atoms with Gasteiger partial charge in [0, 0.05) is 25.2 Å². The number of aryl methyl sites for hydroxylation is 1. The van der Waals surface area contributed by atoms with Crippen molar-refractivity contribution in [3.63, 3.8) is 0 Å². The third-order valence-corrected chi connectivity index (χ3v) is 7.53. The van der Waals surface area contributed by atoms with E-state index in [1.807, 2.05) is 0 Å². The minimum Gasteiger partial charge on any atom is -0.496 e. The first-order valence-corrected chi connectivity index (χ1v) is 12.4. The quantitative estimate of drug-likeness (QED) is 0.516. The van der Waals surface area contributed by atoms with Crippen LogP contribution in [0.25, 0.3) is 0 Å². The Kier molecular flexibility index (Phi) is 8.47. The monoisotopic (exact) mass is 504 g/mol. The van der Waals surface area contributed by atoms with E-state index < -0.39 is 27.9 Å². The van der Waals surface area contributed by atoms with Crippen molar-refractivity contribution in [1.29, 1.82) is 0 Å². The van der Waals surface area contributed by atoms with Crippen LogP contribution in [0.4, 0.5) is 5.69 Å². The Bertz CT molecular complexity index is 1190. The van der Waals surface area contributed by atoms with Gasteiger partial charge in [0.15, 0.2) is 0 Å². The number of benzene rings is 2. The summed E-state index contributed by atoms with van der Waals surface area (Å²) in [5.41, 5.74) is 0.941. The van der Waals surface area contributed by atoms with Gasteiger partial charge in [-0.2, -0.15) is 4.31 Å². The Morgan fingerprint density at radius 1 is 0.914 bits per heavy atom. The number of amides is 1. The van der Waals surface area contributed by atoms with Gasteiger partial charge in [-0.05, 0) is 61.2 Å². The molecule has 1 amide bonds. The summed E-state index contributed by atoms with van der Waals surface area (Å²) in [6, 6.07) is 8.71. The van der Waals surface area contributed by atoms with Crippen LogP contribution in [-0.4, -0.2) is 65.0 Å². The molecule has 2 aromatic carbocycles. The molecule has 0 spiro atoms. The summed E-state index contributed by atoms with van der Waals surface area (Å²) < 4.78 is 42.1. The molecule has 0 bridgehead atoms. The molecular weight excluding hydrogens is 476 g/mol. The summed E-state index contributed by atoms with van der Waals surface area (Å²) in [5.74, 6) is -1.28. The molecule has 0 aliphatic carbocycles. The Morgan fingerprint density at radius 3 is 2.06 bits per heavy atom. The minimum absolute atomic E-state index is 0.000412. The van der Waals surface area contributed by atoms with Gasteiger partial charge in [-0.3, -0.25) is 4.79 Å². The molecule has 35 heavy (non-hydrogen) atoms. The van der Waals surface area contributed by atoms with E-state index in [1.165, 1.54) is 56.0 Å². The average Bonchev–Trinajstić information content (AvgIpc) is 3.42. The van der Waals surface area contributed by atoms with E-state index in [-0.39, 0.29) is 34.6 Å². The number of rotatable bonds is 9. The highest BCUT2D eigenvalue weighted by atomic mass is 32.2. The number of methoxy groups -OCH3 is 3. The summed E-state index contributed by atoms with van der Waals surface area (Å²) in [6.07, 6.45) is 1.87. The number of carbonyl (C=O) groups is 3. The van der Waals surface area contributed by atoms with E-state index in [2.05, 4.69) is 5.32 Å². The molecule has 2 aromatic rings. The lowest BCUT2D eigenvalue weighted by molar-refractivity contribution is -0.116. The van der Waals surface area contributed by atoms with Crippen molar-refractivity contribution in [2.24, 2.45) is 0 Å². The van der Waals surface area contributed by atoms with Gasteiger partial charge < -0.3 is 19.5 Å². The Labute approximate surface area is 204 Å². The first-order valence-electron chi connectivity index (χ1n) is 11.0. The molecule has 11 heteroatoms. The van der Waals surface area contributed by atoms with Gasteiger partial charge in [-0.1, -0.05) is 0 Å². The molecule has 0 saturated carbocycles. The molecule has 0 unspecified atom stereocenters. The normalized spacial score (nSPS) is 13.8. The molecule has 1 saturated heterocycles. The third-order valence-electron chi connectivity index (χ3n) is 5.64. The van der Waals surface area contributed by atoms with Crippen LogP contribution in [-0.2, 0) is 30.7 Å². The number of anilines is 1. The Balaban J connectivity index is 1.77. The zero-order chi connectivity index (χ0) is 25.6. The predicted molar refractivity (Wildman–Crippen MR) is 127 cm³/mol. The molecule has 1 N–H and O–H groups in total. The number of hydrogen-bond donors (Lipinski definition) is 1. The maximum absolute atomic E-state index is 12.9. The molecule has 0 aromatic heterocycles. The summed E-state index contributed by atoms with van der Waals surface area (Å²) in [6.45, 7) is 0.981. The summed E-state index contributed by atoms with van der Waals surface area (Å²) >= 11 is 0. The molecule has 1 heterocycles. The van der Waals surface area contributed by atoms with E-state index in [1.54, 1.807) is 6.07 Å². The lowest BCUT2D eigenvalue weighted by Crippen LogP contribution is -2.28. The van der Waals surface area contributed by atoms with Gasteiger partial charge >= 0.3 is 11.9 Å². The maximum atomic E-state index is 12.9. The summed E-state index contributed by atoms with van der Waals surface area (Å²) in [7, 11) is 0.268. The number of esters is 2. The van der Waals surface area contributed by atoms with E-state index in [9.17, 15) is 22.8 Å². The second kappa shape index (κ2) is 11.3. The van der Waals surface area contributed by atoms with Crippen LogP contribution in [0.3, 0.4) is 0 Å². The van der Waals surface area contributed by atoms with Crippen LogP contribution in [0.5, 0.6) is 5.75 Å². The van der Waals surface area contributed by atoms with Crippen molar-refractivity contribution in [3.05, 3.63) is 53.1 Å². The lowest BCUT2D eigenvalue weighted by Gasteiger charge is -2.17. The third kappa shape index (κ3) is 6.17. The highest BCUT2D eigenvalue weighted by molar-refractivity contribution is 7.89. The number of carbonyl (C=O) groups excluding carboxylic acids is 3.